The molecule has 4 nitrogen and oxygen atoms in total. The molecule has 5 heteroatoms. The van der Waals surface area contributed by atoms with E-state index < -0.39 is 6.10 Å². The second-order valence-electron chi connectivity index (χ2n) is 5.59. The SMILES string of the molecule is CN(C)C[C@@H]1CN(C[C@@H](O)c2cccc(F)c2)CCO1. The van der Waals surface area contributed by atoms with Crippen LogP contribution in [-0.4, -0.2) is 67.9 Å². The number of hydrogen-bond acceptors (Lipinski definition) is 4. The van der Waals surface area contributed by atoms with Crippen LogP contribution in [0.25, 0.3) is 0 Å². The van der Waals surface area contributed by atoms with E-state index in [4.69, 9.17) is 4.74 Å². The van der Waals surface area contributed by atoms with Gasteiger partial charge in [-0.25, -0.2) is 4.39 Å². The molecule has 1 N–H and O–H groups in total. The second kappa shape index (κ2) is 7.13. The van der Waals surface area contributed by atoms with Gasteiger partial charge in [0.2, 0.25) is 0 Å². The number of likely N-dealkylation sites (N-methyl/N-ethyl adjacent to an activating group) is 1. The first-order valence-corrected chi connectivity index (χ1v) is 6.97. The van der Waals surface area contributed by atoms with E-state index >= 15 is 0 Å². The third-order valence-electron chi connectivity index (χ3n) is 3.46. The molecule has 1 aliphatic rings. The lowest BCUT2D eigenvalue weighted by Gasteiger charge is -2.35. The van der Waals surface area contributed by atoms with Crippen LogP contribution in [-0.2, 0) is 4.74 Å². The molecule has 1 aromatic rings. The van der Waals surface area contributed by atoms with Gasteiger partial charge >= 0.3 is 0 Å². The van der Waals surface area contributed by atoms with Gasteiger partial charge in [0, 0.05) is 26.2 Å². The molecule has 0 unspecified atom stereocenters. The van der Waals surface area contributed by atoms with Crippen molar-refractivity contribution < 1.29 is 14.2 Å². The first-order valence-electron chi connectivity index (χ1n) is 6.97. The molecule has 20 heavy (non-hydrogen) atoms. The van der Waals surface area contributed by atoms with Crippen molar-refractivity contribution in [1.82, 2.24) is 9.80 Å². The van der Waals surface area contributed by atoms with Crippen molar-refractivity contribution in [3.63, 3.8) is 0 Å². The highest BCUT2D eigenvalue weighted by atomic mass is 19.1. The van der Waals surface area contributed by atoms with Crippen LogP contribution in [0, 0.1) is 5.82 Å². The van der Waals surface area contributed by atoms with E-state index in [2.05, 4.69) is 9.80 Å². The lowest BCUT2D eigenvalue weighted by molar-refractivity contribution is -0.0489. The van der Waals surface area contributed by atoms with Crippen molar-refractivity contribution in [2.45, 2.75) is 12.2 Å². The highest BCUT2D eigenvalue weighted by Crippen LogP contribution is 2.17. The van der Waals surface area contributed by atoms with Crippen LogP contribution in [0.1, 0.15) is 11.7 Å². The van der Waals surface area contributed by atoms with E-state index in [0.29, 0.717) is 18.7 Å². The number of ether oxygens (including phenoxy) is 1. The molecule has 1 saturated heterocycles. The zero-order chi connectivity index (χ0) is 14.5. The first kappa shape index (κ1) is 15.4. The van der Waals surface area contributed by atoms with Gasteiger partial charge in [0.15, 0.2) is 0 Å². The van der Waals surface area contributed by atoms with E-state index in [1.807, 2.05) is 14.1 Å². The Kier molecular flexibility index (Phi) is 5.48. The minimum Gasteiger partial charge on any atom is -0.387 e. The topological polar surface area (TPSA) is 35.9 Å². The molecule has 2 rings (SSSR count). The van der Waals surface area contributed by atoms with Crippen molar-refractivity contribution >= 4 is 0 Å². The third kappa shape index (κ3) is 4.52. The van der Waals surface area contributed by atoms with Crippen LogP contribution >= 0.6 is 0 Å². The maximum atomic E-state index is 13.2. The Morgan fingerprint density at radius 1 is 1.50 bits per heavy atom. The van der Waals surface area contributed by atoms with E-state index in [9.17, 15) is 9.50 Å². The Morgan fingerprint density at radius 2 is 2.30 bits per heavy atom. The highest BCUT2D eigenvalue weighted by Gasteiger charge is 2.23. The molecule has 0 aromatic heterocycles. The minimum absolute atomic E-state index is 0.165. The fourth-order valence-electron chi connectivity index (χ4n) is 2.53. The second-order valence-corrected chi connectivity index (χ2v) is 5.59. The number of aliphatic hydroxyl groups is 1. The van der Waals surface area contributed by atoms with Gasteiger partial charge in [0.1, 0.15) is 5.82 Å². The number of benzene rings is 1. The van der Waals surface area contributed by atoms with Crippen LogP contribution in [0.2, 0.25) is 0 Å². The van der Waals surface area contributed by atoms with Gasteiger partial charge in [-0.05, 0) is 31.8 Å². The van der Waals surface area contributed by atoms with Crippen LogP contribution in [0.5, 0.6) is 0 Å². The lowest BCUT2D eigenvalue weighted by Crippen LogP contribution is -2.47. The number of nitrogens with zero attached hydrogens (tertiary/aromatic N) is 2. The highest BCUT2D eigenvalue weighted by molar-refractivity contribution is 5.19. The molecule has 2 atom stereocenters. The molecule has 0 saturated carbocycles. The van der Waals surface area contributed by atoms with Crippen molar-refractivity contribution in [3.8, 4) is 0 Å². The zero-order valence-corrected chi connectivity index (χ0v) is 12.1. The van der Waals surface area contributed by atoms with Gasteiger partial charge in [-0.15, -0.1) is 0 Å². The summed E-state index contributed by atoms with van der Waals surface area (Å²) in [6, 6.07) is 6.16. The number of hydrogen-bond donors (Lipinski definition) is 1. The molecule has 1 aliphatic heterocycles. The quantitative estimate of drug-likeness (QED) is 0.878. The molecule has 0 spiro atoms. The smallest absolute Gasteiger partial charge is 0.123 e. The molecule has 0 aliphatic carbocycles. The molecule has 112 valence electrons. The number of morpholine rings is 1. The van der Waals surface area contributed by atoms with E-state index in [1.165, 1.54) is 12.1 Å². The Hall–Kier alpha value is -1.01. The third-order valence-corrected chi connectivity index (χ3v) is 3.46. The van der Waals surface area contributed by atoms with Crippen molar-refractivity contribution in [2.75, 3.05) is 46.9 Å². The van der Waals surface area contributed by atoms with Crippen molar-refractivity contribution in [3.05, 3.63) is 35.6 Å². The van der Waals surface area contributed by atoms with E-state index in [-0.39, 0.29) is 11.9 Å². The maximum absolute atomic E-state index is 13.2. The number of halogens is 1. The summed E-state index contributed by atoms with van der Waals surface area (Å²) in [5, 5.41) is 10.2. The molecule has 0 radical (unpaired) electrons. The maximum Gasteiger partial charge on any atom is 0.123 e. The fourth-order valence-corrected chi connectivity index (χ4v) is 2.53. The predicted molar refractivity (Wildman–Crippen MR) is 76.1 cm³/mol. The summed E-state index contributed by atoms with van der Waals surface area (Å²) in [6.45, 7) is 3.65. The summed E-state index contributed by atoms with van der Waals surface area (Å²) < 4.78 is 18.9. The van der Waals surface area contributed by atoms with Crippen LogP contribution in [0.15, 0.2) is 24.3 Å². The zero-order valence-electron chi connectivity index (χ0n) is 12.1. The van der Waals surface area contributed by atoms with Gasteiger partial charge in [0.25, 0.3) is 0 Å². The Balaban J connectivity index is 1.89. The van der Waals surface area contributed by atoms with Gasteiger partial charge < -0.3 is 14.7 Å². The molecule has 0 bridgehead atoms. The lowest BCUT2D eigenvalue weighted by atomic mass is 10.1. The molecule has 0 amide bonds. The number of β-amino-alcohol motifs (C(OH)–C–C–N with tert-alkyl or cyclic N) is 1. The fraction of sp³-hybridized carbons (Fsp3) is 0.600. The largest absolute Gasteiger partial charge is 0.387 e. The van der Waals surface area contributed by atoms with Crippen LogP contribution < -0.4 is 0 Å². The van der Waals surface area contributed by atoms with Crippen molar-refractivity contribution in [2.24, 2.45) is 0 Å². The molecular formula is C15H23FN2O2. The molecular weight excluding hydrogens is 259 g/mol. The van der Waals surface area contributed by atoms with E-state index in [0.717, 1.165) is 19.6 Å². The Labute approximate surface area is 119 Å². The Morgan fingerprint density at radius 3 is 3.00 bits per heavy atom. The monoisotopic (exact) mass is 282 g/mol. The summed E-state index contributed by atoms with van der Waals surface area (Å²) in [5.41, 5.74) is 0.626. The summed E-state index contributed by atoms with van der Waals surface area (Å²) in [5.74, 6) is -0.311. The van der Waals surface area contributed by atoms with Gasteiger partial charge in [-0.1, -0.05) is 12.1 Å². The average Bonchev–Trinajstić information content (AvgIpc) is 2.38. The number of aliphatic hydroxyl groups excluding tert-OH is 1. The minimum atomic E-state index is -0.663. The van der Waals surface area contributed by atoms with E-state index in [1.54, 1.807) is 12.1 Å². The molecule has 1 heterocycles. The van der Waals surface area contributed by atoms with Gasteiger partial charge in [0.05, 0.1) is 18.8 Å². The summed E-state index contributed by atoms with van der Waals surface area (Å²) in [4.78, 5) is 4.27. The summed E-state index contributed by atoms with van der Waals surface area (Å²) >= 11 is 0. The standard InChI is InChI=1S/C15H23FN2O2/c1-17(2)9-14-10-18(6-7-20-14)11-15(19)12-4-3-5-13(16)8-12/h3-5,8,14-15,19H,6-7,9-11H2,1-2H3/t14-,15-/m1/s1. The first-order chi connectivity index (χ1) is 9.54. The van der Waals surface area contributed by atoms with Gasteiger partial charge in [-0.3, -0.25) is 4.90 Å². The van der Waals surface area contributed by atoms with Crippen LogP contribution in [0.3, 0.4) is 0 Å². The Bertz CT molecular complexity index is 428. The van der Waals surface area contributed by atoms with Gasteiger partial charge in [-0.2, -0.15) is 0 Å². The van der Waals surface area contributed by atoms with Crippen molar-refractivity contribution in [1.29, 1.82) is 0 Å². The predicted octanol–water partition coefficient (Wildman–Crippen LogP) is 1.12. The summed E-state index contributed by atoms with van der Waals surface area (Å²) in [6.07, 6.45) is -0.498. The number of rotatable bonds is 5. The normalized spacial score (nSPS) is 22.1. The molecule has 1 fully saturated rings. The van der Waals surface area contributed by atoms with Crippen LogP contribution in [0.4, 0.5) is 4.39 Å². The average molecular weight is 282 g/mol. The summed E-state index contributed by atoms with van der Waals surface area (Å²) in [7, 11) is 4.04. The molecule has 1 aromatic carbocycles.